The molecule has 0 amide bonds. The third kappa shape index (κ3) is 3.00. The van der Waals surface area contributed by atoms with Crippen molar-refractivity contribution in [1.82, 2.24) is 0 Å². The molecule has 0 aliphatic carbocycles. The van der Waals surface area contributed by atoms with Crippen molar-refractivity contribution in [1.29, 1.82) is 0 Å². The van der Waals surface area contributed by atoms with Crippen LogP contribution in [0, 0.1) is 0 Å². The largest absolute Gasteiger partial charge is 0.456 e. The fourth-order valence-corrected chi connectivity index (χ4v) is 6.24. The Bertz CT molecular complexity index is 1800. The van der Waals surface area contributed by atoms with Crippen molar-refractivity contribution in [2.75, 3.05) is 0 Å². The molecule has 0 N–H and O–H groups in total. The van der Waals surface area contributed by atoms with Crippen molar-refractivity contribution >= 4 is 44.0 Å². The molecule has 7 rings (SSSR count). The van der Waals surface area contributed by atoms with Crippen molar-refractivity contribution in [3.63, 3.8) is 0 Å². The van der Waals surface area contributed by atoms with Gasteiger partial charge < -0.3 is 4.42 Å². The fourth-order valence-electron chi connectivity index (χ4n) is 4.92. The van der Waals surface area contributed by atoms with Crippen LogP contribution in [-0.2, 0) is 0 Å². The van der Waals surface area contributed by atoms with Crippen LogP contribution in [0.25, 0.3) is 64.7 Å². The number of furan rings is 1. The number of benzene rings is 5. The summed E-state index contributed by atoms with van der Waals surface area (Å²) < 4.78 is 6.19. The maximum atomic E-state index is 6.19. The predicted octanol–water partition coefficient (Wildman–Crippen LogP) is 9.80. The van der Waals surface area contributed by atoms with E-state index >= 15 is 0 Å². The minimum absolute atomic E-state index is 0.925. The molecule has 34 heavy (non-hydrogen) atoms. The van der Waals surface area contributed by atoms with Gasteiger partial charge in [0.2, 0.25) is 0 Å². The van der Waals surface area contributed by atoms with Gasteiger partial charge in [0, 0.05) is 36.9 Å². The van der Waals surface area contributed by atoms with Gasteiger partial charge in [-0.25, -0.2) is 0 Å². The summed E-state index contributed by atoms with van der Waals surface area (Å²) in [5.74, 6) is 0. The van der Waals surface area contributed by atoms with Crippen molar-refractivity contribution in [3.8, 4) is 32.0 Å². The van der Waals surface area contributed by atoms with E-state index in [0.717, 1.165) is 21.9 Å². The minimum atomic E-state index is 0.925. The van der Waals surface area contributed by atoms with Gasteiger partial charge in [-0.1, -0.05) is 103 Å². The SMILES string of the molecule is c1ccc(-c2sc(-c3ccccc3-c3ccc4c(c3)oc3ccccc34)c3ccccc23)cc1. The second kappa shape index (κ2) is 7.72. The summed E-state index contributed by atoms with van der Waals surface area (Å²) in [7, 11) is 0. The highest BCUT2D eigenvalue weighted by Crippen LogP contribution is 2.46. The molecule has 2 heterocycles. The lowest BCUT2D eigenvalue weighted by Gasteiger charge is -2.09. The molecule has 0 atom stereocenters. The summed E-state index contributed by atoms with van der Waals surface area (Å²) in [6, 6.07) is 43.0. The quantitative estimate of drug-likeness (QED) is 0.260. The number of thiophene rings is 1. The van der Waals surface area contributed by atoms with Crippen LogP contribution in [0.2, 0.25) is 0 Å². The van der Waals surface area contributed by atoms with Gasteiger partial charge in [-0.3, -0.25) is 0 Å². The third-order valence-corrected chi connectivity index (χ3v) is 7.82. The monoisotopic (exact) mass is 452 g/mol. The van der Waals surface area contributed by atoms with Crippen LogP contribution in [0.1, 0.15) is 0 Å². The molecule has 0 spiro atoms. The number of rotatable bonds is 3. The normalized spacial score (nSPS) is 11.5. The highest BCUT2D eigenvalue weighted by Gasteiger charge is 2.17. The molecule has 0 bridgehead atoms. The van der Waals surface area contributed by atoms with Crippen molar-refractivity contribution in [2.24, 2.45) is 0 Å². The van der Waals surface area contributed by atoms with Gasteiger partial charge in [-0.15, -0.1) is 11.3 Å². The van der Waals surface area contributed by atoms with Gasteiger partial charge in [0.25, 0.3) is 0 Å². The van der Waals surface area contributed by atoms with Crippen LogP contribution in [0.3, 0.4) is 0 Å². The first-order valence-corrected chi connectivity index (χ1v) is 12.3. The maximum Gasteiger partial charge on any atom is 0.136 e. The smallest absolute Gasteiger partial charge is 0.136 e. The van der Waals surface area contributed by atoms with Crippen LogP contribution >= 0.6 is 11.3 Å². The Balaban J connectivity index is 1.45. The number of hydrogen-bond donors (Lipinski definition) is 0. The second-order valence-electron chi connectivity index (χ2n) is 8.53. The first-order chi connectivity index (χ1) is 16.9. The molecule has 0 fully saturated rings. The van der Waals surface area contributed by atoms with Crippen LogP contribution in [0.15, 0.2) is 126 Å². The zero-order chi connectivity index (χ0) is 22.5. The van der Waals surface area contributed by atoms with E-state index < -0.39 is 0 Å². The van der Waals surface area contributed by atoms with E-state index in [1.807, 2.05) is 23.5 Å². The number of fused-ring (bicyclic) bond motifs is 4. The summed E-state index contributed by atoms with van der Waals surface area (Å²) >= 11 is 1.87. The van der Waals surface area contributed by atoms with Gasteiger partial charge in [-0.05, 0) is 34.9 Å². The number of hydrogen-bond acceptors (Lipinski definition) is 2. The molecule has 0 aliphatic heterocycles. The lowest BCUT2D eigenvalue weighted by Crippen LogP contribution is -1.83. The summed E-state index contributed by atoms with van der Waals surface area (Å²) in [6.07, 6.45) is 0. The van der Waals surface area contributed by atoms with E-state index in [1.165, 1.54) is 42.8 Å². The first kappa shape index (κ1) is 19.3. The van der Waals surface area contributed by atoms with E-state index in [4.69, 9.17) is 4.42 Å². The van der Waals surface area contributed by atoms with Crippen LogP contribution in [-0.4, -0.2) is 0 Å². The summed E-state index contributed by atoms with van der Waals surface area (Å²) in [4.78, 5) is 2.61. The molecule has 0 radical (unpaired) electrons. The molecule has 2 heteroatoms. The Morgan fingerprint density at radius 2 is 1.03 bits per heavy atom. The van der Waals surface area contributed by atoms with Crippen LogP contribution < -0.4 is 0 Å². The molecule has 0 saturated carbocycles. The predicted molar refractivity (Wildman–Crippen MR) is 145 cm³/mol. The fraction of sp³-hybridized carbons (Fsp3) is 0. The lowest BCUT2D eigenvalue weighted by atomic mass is 9.96. The molecule has 0 aliphatic rings. The molecular weight excluding hydrogens is 432 g/mol. The molecular formula is C32H20OS. The van der Waals surface area contributed by atoms with Crippen LogP contribution in [0.5, 0.6) is 0 Å². The van der Waals surface area contributed by atoms with E-state index in [2.05, 4.69) is 109 Å². The van der Waals surface area contributed by atoms with E-state index in [0.29, 0.717) is 0 Å². The van der Waals surface area contributed by atoms with E-state index in [1.54, 1.807) is 0 Å². The summed E-state index contributed by atoms with van der Waals surface area (Å²) in [5.41, 5.74) is 6.75. The molecule has 1 nitrogen and oxygen atoms in total. The molecule has 2 aromatic heterocycles. The molecule has 0 saturated heterocycles. The zero-order valence-electron chi connectivity index (χ0n) is 18.4. The Morgan fingerprint density at radius 3 is 1.85 bits per heavy atom. The van der Waals surface area contributed by atoms with Crippen molar-refractivity contribution in [3.05, 3.63) is 121 Å². The maximum absolute atomic E-state index is 6.19. The highest BCUT2D eigenvalue weighted by molar-refractivity contribution is 7.21. The third-order valence-electron chi connectivity index (χ3n) is 6.52. The van der Waals surface area contributed by atoms with Gasteiger partial charge >= 0.3 is 0 Å². The Morgan fingerprint density at radius 1 is 0.412 bits per heavy atom. The van der Waals surface area contributed by atoms with Crippen LogP contribution in [0.4, 0.5) is 0 Å². The van der Waals surface area contributed by atoms with E-state index in [9.17, 15) is 0 Å². The molecule has 5 aromatic carbocycles. The summed E-state index contributed by atoms with van der Waals surface area (Å²) in [6.45, 7) is 0. The highest BCUT2D eigenvalue weighted by atomic mass is 32.1. The van der Waals surface area contributed by atoms with Crippen molar-refractivity contribution in [2.45, 2.75) is 0 Å². The standard InChI is InChI=1S/C32H20OS/c1-2-10-21(11-3-1)31-27-15-6-7-16-28(27)32(34-31)26-14-5-4-12-23(26)22-18-19-25-24-13-8-9-17-29(24)33-30(25)20-22/h1-20H. The van der Waals surface area contributed by atoms with E-state index in [-0.39, 0.29) is 0 Å². The lowest BCUT2D eigenvalue weighted by molar-refractivity contribution is 0.669. The first-order valence-electron chi connectivity index (χ1n) is 11.4. The Labute approximate surface area is 201 Å². The molecule has 0 unspecified atom stereocenters. The molecule has 160 valence electrons. The van der Waals surface area contributed by atoms with Gasteiger partial charge in [0.1, 0.15) is 11.2 Å². The van der Waals surface area contributed by atoms with Gasteiger partial charge in [-0.2, -0.15) is 0 Å². The van der Waals surface area contributed by atoms with Crippen molar-refractivity contribution < 1.29 is 4.42 Å². The topological polar surface area (TPSA) is 13.1 Å². The Hall–Kier alpha value is -4.14. The average molecular weight is 453 g/mol. The minimum Gasteiger partial charge on any atom is -0.456 e. The van der Waals surface area contributed by atoms with Gasteiger partial charge in [0.15, 0.2) is 0 Å². The average Bonchev–Trinajstić information content (AvgIpc) is 3.47. The second-order valence-corrected chi connectivity index (χ2v) is 9.55. The Kier molecular flexibility index (Phi) is 4.39. The summed E-state index contributed by atoms with van der Waals surface area (Å²) in [5, 5.41) is 4.92. The molecule has 7 aromatic rings. The van der Waals surface area contributed by atoms with Gasteiger partial charge in [0.05, 0.1) is 0 Å². The number of para-hydroxylation sites is 1. The zero-order valence-corrected chi connectivity index (χ0v) is 19.2.